The van der Waals surface area contributed by atoms with Crippen LogP contribution in [0.1, 0.15) is 6.23 Å². The normalized spacial score (nSPS) is 31.6. The van der Waals surface area contributed by atoms with Gasteiger partial charge in [-0.25, -0.2) is 4.98 Å². The first-order chi connectivity index (χ1) is 10.9. The Morgan fingerprint density at radius 1 is 1.30 bits per heavy atom. The molecule has 6 N–H and O–H groups in total. The van der Waals surface area contributed by atoms with Gasteiger partial charge in [0.1, 0.15) is 24.4 Å². The third kappa shape index (κ3) is 2.29. The molecule has 0 bridgehead atoms. The summed E-state index contributed by atoms with van der Waals surface area (Å²) in [5.41, 5.74) is 5.26. The molecule has 11 nitrogen and oxygen atoms in total. The molecule has 23 heavy (non-hydrogen) atoms. The maximum atomic E-state index is 12.1. The Morgan fingerprint density at radius 2 is 2.00 bits per heavy atom. The number of imidazole rings is 1. The third-order valence-corrected chi connectivity index (χ3v) is 3.98. The molecular formula is C12H17N5O6. The van der Waals surface area contributed by atoms with E-state index >= 15 is 0 Å². The van der Waals surface area contributed by atoms with Crippen molar-refractivity contribution in [2.24, 2.45) is 7.05 Å². The van der Waals surface area contributed by atoms with E-state index < -0.39 is 42.8 Å². The monoisotopic (exact) mass is 327 g/mol. The Balaban J connectivity index is 2.11. The van der Waals surface area contributed by atoms with Crippen LogP contribution in [0.15, 0.2) is 11.1 Å². The molecule has 0 aromatic carbocycles. The lowest BCUT2D eigenvalue weighted by atomic mass is 9.98. The van der Waals surface area contributed by atoms with Gasteiger partial charge in [0, 0.05) is 7.05 Å². The van der Waals surface area contributed by atoms with Crippen molar-refractivity contribution in [3.8, 4) is 0 Å². The zero-order valence-corrected chi connectivity index (χ0v) is 12.1. The molecule has 3 rings (SSSR count). The summed E-state index contributed by atoms with van der Waals surface area (Å²) in [6, 6.07) is 0. The van der Waals surface area contributed by atoms with Gasteiger partial charge >= 0.3 is 0 Å². The van der Waals surface area contributed by atoms with Crippen molar-refractivity contribution < 1.29 is 25.2 Å². The largest absolute Gasteiger partial charge is 0.394 e. The van der Waals surface area contributed by atoms with Gasteiger partial charge in [-0.3, -0.25) is 13.9 Å². The van der Waals surface area contributed by atoms with Gasteiger partial charge in [-0.2, -0.15) is 4.98 Å². The molecule has 11 heteroatoms. The van der Waals surface area contributed by atoms with Crippen molar-refractivity contribution in [1.29, 1.82) is 0 Å². The second kappa shape index (κ2) is 5.54. The Bertz CT molecular complexity index is 786. The second-order valence-corrected chi connectivity index (χ2v) is 5.38. The molecule has 126 valence electrons. The van der Waals surface area contributed by atoms with Gasteiger partial charge in [0.15, 0.2) is 17.4 Å². The first-order valence-electron chi connectivity index (χ1n) is 6.86. The highest BCUT2D eigenvalue weighted by Gasteiger charge is 2.44. The molecule has 1 aliphatic rings. The minimum Gasteiger partial charge on any atom is -0.394 e. The zero-order chi connectivity index (χ0) is 16.9. The summed E-state index contributed by atoms with van der Waals surface area (Å²) in [4.78, 5) is 20.1. The van der Waals surface area contributed by atoms with Crippen LogP contribution in [0.3, 0.4) is 0 Å². The molecule has 1 aliphatic heterocycles. The topological polar surface area (TPSA) is 169 Å². The molecule has 1 saturated heterocycles. The maximum Gasteiger partial charge on any atom is 0.282 e. The van der Waals surface area contributed by atoms with Crippen molar-refractivity contribution in [3.63, 3.8) is 0 Å². The SMILES string of the molecule is Cn1c(N)nc2c(ncn2[C@@H]2O[C@H](CO)[C@@H](O)[C@H](O)[C@H]2O)c1=O. The Morgan fingerprint density at radius 3 is 2.65 bits per heavy atom. The Hall–Kier alpha value is -2.05. The molecule has 5 atom stereocenters. The number of rotatable bonds is 2. The van der Waals surface area contributed by atoms with Gasteiger partial charge < -0.3 is 30.9 Å². The molecule has 0 spiro atoms. The van der Waals surface area contributed by atoms with Gasteiger partial charge in [-0.1, -0.05) is 0 Å². The molecule has 2 aromatic heterocycles. The molecule has 1 fully saturated rings. The number of ether oxygens (including phenoxy) is 1. The van der Waals surface area contributed by atoms with Crippen molar-refractivity contribution in [1.82, 2.24) is 19.1 Å². The van der Waals surface area contributed by atoms with E-state index in [-0.39, 0.29) is 17.1 Å². The number of aromatic nitrogens is 4. The van der Waals surface area contributed by atoms with Gasteiger partial charge in [0.25, 0.3) is 5.56 Å². The highest BCUT2D eigenvalue weighted by molar-refractivity contribution is 5.71. The van der Waals surface area contributed by atoms with E-state index in [1.165, 1.54) is 17.9 Å². The van der Waals surface area contributed by atoms with Crippen LogP contribution < -0.4 is 11.3 Å². The minimum absolute atomic E-state index is 0.0126. The number of nitrogen functional groups attached to an aromatic ring is 1. The molecule has 2 aromatic rings. The van der Waals surface area contributed by atoms with Crippen molar-refractivity contribution in [2.45, 2.75) is 30.6 Å². The first-order valence-corrected chi connectivity index (χ1v) is 6.86. The minimum atomic E-state index is -1.55. The highest BCUT2D eigenvalue weighted by atomic mass is 16.6. The van der Waals surface area contributed by atoms with Crippen LogP contribution in [0.5, 0.6) is 0 Å². The summed E-state index contributed by atoms with van der Waals surface area (Å²) in [5, 5.41) is 39.0. The lowest BCUT2D eigenvalue weighted by molar-refractivity contribution is -0.250. The summed E-state index contributed by atoms with van der Waals surface area (Å²) >= 11 is 0. The van der Waals surface area contributed by atoms with E-state index in [1.807, 2.05) is 0 Å². The average molecular weight is 327 g/mol. The molecule has 0 radical (unpaired) electrons. The molecule has 0 unspecified atom stereocenters. The van der Waals surface area contributed by atoms with Crippen LogP contribution >= 0.6 is 0 Å². The standard InChI is InChI=1S/C12H17N5O6/c1-16-10(22)5-9(15-12(16)13)17(3-14-5)11-8(21)7(20)6(19)4(2-18)23-11/h3-4,6-8,11,18-21H,2H2,1H3,(H2,13,15)/t4-,6-,7+,8-,11-/m1/s1. The highest BCUT2D eigenvalue weighted by Crippen LogP contribution is 2.29. The predicted molar refractivity (Wildman–Crippen MR) is 76.2 cm³/mol. The Labute approximate surface area is 129 Å². The van der Waals surface area contributed by atoms with Crippen LogP contribution in [-0.4, -0.2) is 70.6 Å². The number of aliphatic hydroxyl groups excluding tert-OH is 4. The van der Waals surface area contributed by atoms with E-state index in [2.05, 4.69) is 9.97 Å². The number of anilines is 1. The fourth-order valence-corrected chi connectivity index (χ4v) is 2.56. The molecule has 0 saturated carbocycles. The average Bonchev–Trinajstić information content (AvgIpc) is 2.94. The van der Waals surface area contributed by atoms with Crippen LogP contribution in [-0.2, 0) is 11.8 Å². The zero-order valence-electron chi connectivity index (χ0n) is 12.1. The quantitative estimate of drug-likeness (QED) is 0.379. The van der Waals surface area contributed by atoms with E-state index in [9.17, 15) is 25.2 Å². The van der Waals surface area contributed by atoms with Crippen LogP contribution in [0, 0.1) is 0 Å². The second-order valence-electron chi connectivity index (χ2n) is 5.38. The molecule has 0 amide bonds. The van der Waals surface area contributed by atoms with Gasteiger partial charge in [-0.05, 0) is 0 Å². The summed E-state index contributed by atoms with van der Waals surface area (Å²) in [7, 11) is 1.44. The number of nitrogens with two attached hydrogens (primary N) is 1. The summed E-state index contributed by atoms with van der Waals surface area (Å²) in [6.07, 6.45) is -5.61. The van der Waals surface area contributed by atoms with E-state index in [1.54, 1.807) is 0 Å². The fraction of sp³-hybridized carbons (Fsp3) is 0.583. The van der Waals surface area contributed by atoms with Crippen LogP contribution in [0.4, 0.5) is 5.95 Å². The van der Waals surface area contributed by atoms with Crippen molar-refractivity contribution in [2.75, 3.05) is 12.3 Å². The fourth-order valence-electron chi connectivity index (χ4n) is 2.56. The van der Waals surface area contributed by atoms with E-state index in [0.29, 0.717) is 0 Å². The lowest BCUT2D eigenvalue weighted by Crippen LogP contribution is -2.56. The summed E-state index contributed by atoms with van der Waals surface area (Å²) in [6.45, 7) is -0.564. The van der Waals surface area contributed by atoms with Gasteiger partial charge in [-0.15, -0.1) is 0 Å². The number of fused-ring (bicyclic) bond motifs is 1. The van der Waals surface area contributed by atoms with Gasteiger partial charge in [0.05, 0.1) is 12.9 Å². The smallest absolute Gasteiger partial charge is 0.282 e. The number of nitrogens with zero attached hydrogens (tertiary/aromatic N) is 4. The van der Waals surface area contributed by atoms with E-state index in [0.717, 1.165) is 4.57 Å². The van der Waals surface area contributed by atoms with Gasteiger partial charge in [0.2, 0.25) is 5.95 Å². The van der Waals surface area contributed by atoms with E-state index in [4.69, 9.17) is 10.5 Å². The van der Waals surface area contributed by atoms with Crippen LogP contribution in [0.25, 0.3) is 11.2 Å². The summed E-state index contributed by atoms with van der Waals surface area (Å²) in [5.74, 6) is -0.0613. The van der Waals surface area contributed by atoms with Crippen molar-refractivity contribution in [3.05, 3.63) is 16.7 Å². The number of hydrogen-bond acceptors (Lipinski definition) is 9. The predicted octanol–water partition coefficient (Wildman–Crippen LogP) is -3.32. The summed E-state index contributed by atoms with van der Waals surface area (Å²) < 4.78 is 7.77. The third-order valence-electron chi connectivity index (χ3n) is 3.98. The van der Waals surface area contributed by atoms with Crippen LogP contribution in [0.2, 0.25) is 0 Å². The van der Waals surface area contributed by atoms with Crippen molar-refractivity contribution >= 4 is 17.1 Å². The number of hydrogen-bond donors (Lipinski definition) is 5. The molecule has 0 aliphatic carbocycles. The molecular weight excluding hydrogens is 310 g/mol. The molecule has 3 heterocycles. The maximum absolute atomic E-state index is 12.1. The number of aliphatic hydroxyl groups is 4. The lowest BCUT2D eigenvalue weighted by Gasteiger charge is -2.40. The Kier molecular flexibility index (Phi) is 3.82. The first kappa shape index (κ1) is 15.8.